The predicted molar refractivity (Wildman–Crippen MR) is 134 cm³/mol. The number of anilines is 1. The Labute approximate surface area is 211 Å². The van der Waals surface area contributed by atoms with Gasteiger partial charge in [0.15, 0.2) is 5.75 Å². The quantitative estimate of drug-likeness (QED) is 0.324. The van der Waals surface area contributed by atoms with Gasteiger partial charge in [-0.25, -0.2) is 4.79 Å². The maximum atomic E-state index is 12.5. The monoisotopic (exact) mass is 504 g/mol. The first kappa shape index (κ1) is 23.6. The number of rotatable bonds is 6. The van der Waals surface area contributed by atoms with Crippen molar-refractivity contribution in [1.29, 1.82) is 5.26 Å². The van der Waals surface area contributed by atoms with Crippen LogP contribution in [0.5, 0.6) is 22.3 Å². The number of benzene rings is 2. The number of thiophene rings is 1. The van der Waals surface area contributed by atoms with Crippen LogP contribution in [-0.2, 0) is 0 Å². The zero-order valence-electron chi connectivity index (χ0n) is 19.8. The minimum atomic E-state index is -0.801. The number of aromatic amines is 1. The number of carbonyl (C=O) groups is 1. The van der Waals surface area contributed by atoms with Crippen LogP contribution < -0.4 is 19.5 Å². The number of nitrogens with zero attached hydrogens (tertiary/aromatic N) is 4. The van der Waals surface area contributed by atoms with Crippen LogP contribution in [0.3, 0.4) is 0 Å². The topological polar surface area (TPSA) is 135 Å². The maximum Gasteiger partial charge on any atom is 0.420 e. The van der Waals surface area contributed by atoms with Crippen LogP contribution in [0.1, 0.15) is 54.7 Å². The van der Waals surface area contributed by atoms with E-state index in [2.05, 4.69) is 32.0 Å². The van der Waals surface area contributed by atoms with Crippen molar-refractivity contribution in [1.82, 2.24) is 20.6 Å². The fraction of sp³-hybridized carbons (Fsp3) is 0.320. The summed E-state index contributed by atoms with van der Waals surface area (Å²) >= 11 is 1.25. The van der Waals surface area contributed by atoms with Crippen molar-refractivity contribution >= 4 is 33.5 Å². The fourth-order valence-corrected chi connectivity index (χ4v) is 5.56. The van der Waals surface area contributed by atoms with Crippen molar-refractivity contribution in [2.75, 3.05) is 12.4 Å². The summed E-state index contributed by atoms with van der Waals surface area (Å²) in [5.41, 5.74) is 2.51. The van der Waals surface area contributed by atoms with E-state index in [-0.39, 0.29) is 11.0 Å². The second-order valence-corrected chi connectivity index (χ2v) is 9.61. The van der Waals surface area contributed by atoms with Crippen LogP contribution >= 0.6 is 11.3 Å². The van der Waals surface area contributed by atoms with Crippen LogP contribution in [-0.4, -0.2) is 33.8 Å². The lowest BCUT2D eigenvalue weighted by Crippen LogP contribution is -2.17. The van der Waals surface area contributed by atoms with E-state index in [0.717, 1.165) is 28.7 Å². The van der Waals surface area contributed by atoms with Crippen molar-refractivity contribution in [3.63, 3.8) is 0 Å². The summed E-state index contributed by atoms with van der Waals surface area (Å²) in [5.74, 6) is 1.81. The van der Waals surface area contributed by atoms with Gasteiger partial charge in [-0.1, -0.05) is 41.8 Å². The molecule has 1 amide bonds. The predicted octanol–water partition coefficient (Wildman–Crippen LogP) is 6.05. The third-order valence-corrected chi connectivity index (χ3v) is 7.30. The standard InChI is InChI=1S/C25H24N6O4S/c1-14-10-21-18(12-20(14)33-2)22(23(36-21)35-25(32)27-24-28-30-31-29-24)34-19-9-8-16(11-17(19)13-26)15-6-4-3-5-7-15/h8-12,15H,3-7H2,1-2H3,(H2,27,28,29,30,31,32). The summed E-state index contributed by atoms with van der Waals surface area (Å²) in [6.45, 7) is 1.93. The highest BCUT2D eigenvalue weighted by molar-refractivity contribution is 7.21. The highest BCUT2D eigenvalue weighted by Gasteiger charge is 2.23. The van der Waals surface area contributed by atoms with E-state index in [1.807, 2.05) is 37.3 Å². The molecule has 2 heterocycles. The van der Waals surface area contributed by atoms with Gasteiger partial charge in [0.05, 0.1) is 12.7 Å². The first-order chi connectivity index (χ1) is 17.6. The maximum absolute atomic E-state index is 12.5. The largest absolute Gasteiger partial charge is 0.496 e. The number of aromatic nitrogens is 4. The Hall–Kier alpha value is -4.17. The summed E-state index contributed by atoms with van der Waals surface area (Å²) in [7, 11) is 1.59. The first-order valence-electron chi connectivity index (χ1n) is 11.6. The second-order valence-electron chi connectivity index (χ2n) is 8.59. The smallest absolute Gasteiger partial charge is 0.420 e. The van der Waals surface area contributed by atoms with Crippen molar-refractivity contribution in [2.24, 2.45) is 0 Å². The van der Waals surface area contributed by atoms with Crippen LogP contribution in [0.15, 0.2) is 30.3 Å². The van der Waals surface area contributed by atoms with E-state index in [4.69, 9.17) is 14.2 Å². The van der Waals surface area contributed by atoms with Gasteiger partial charge in [-0.2, -0.15) is 10.5 Å². The van der Waals surface area contributed by atoms with Gasteiger partial charge >= 0.3 is 6.09 Å². The molecule has 0 bridgehead atoms. The second kappa shape index (κ2) is 10.2. The molecule has 2 aromatic carbocycles. The number of aryl methyl sites for hydroxylation is 1. The molecule has 0 aliphatic heterocycles. The molecule has 0 atom stereocenters. The lowest BCUT2D eigenvalue weighted by Gasteiger charge is -2.22. The average molecular weight is 505 g/mol. The molecule has 0 unspecified atom stereocenters. The van der Waals surface area contributed by atoms with Crippen LogP contribution in [0.25, 0.3) is 10.1 Å². The molecule has 5 rings (SSSR count). The number of carbonyl (C=O) groups excluding carboxylic acids is 1. The van der Waals surface area contributed by atoms with Crippen LogP contribution in [0, 0.1) is 18.3 Å². The van der Waals surface area contributed by atoms with Crippen molar-refractivity contribution in [2.45, 2.75) is 44.9 Å². The van der Waals surface area contributed by atoms with Gasteiger partial charge in [0, 0.05) is 10.1 Å². The molecule has 4 aromatic rings. The van der Waals surface area contributed by atoms with E-state index < -0.39 is 6.09 Å². The van der Waals surface area contributed by atoms with Crippen molar-refractivity contribution < 1.29 is 19.0 Å². The minimum absolute atomic E-state index is 0.0221. The molecule has 36 heavy (non-hydrogen) atoms. The molecular formula is C25H24N6O4S. The molecule has 1 aliphatic rings. The highest BCUT2D eigenvalue weighted by atomic mass is 32.1. The Morgan fingerprint density at radius 1 is 1.19 bits per heavy atom. The summed E-state index contributed by atoms with van der Waals surface area (Å²) in [5, 5.41) is 26.3. The van der Waals surface area contributed by atoms with Gasteiger partial charge in [0.2, 0.25) is 5.06 Å². The molecule has 2 N–H and O–H groups in total. The number of amides is 1. The summed E-state index contributed by atoms with van der Waals surface area (Å²) < 4.78 is 18.2. The van der Waals surface area contributed by atoms with Gasteiger partial charge in [-0.3, -0.25) is 5.32 Å². The molecule has 1 saturated carbocycles. The van der Waals surface area contributed by atoms with Gasteiger partial charge in [-0.15, -0.1) is 5.10 Å². The number of nitrogens with one attached hydrogen (secondary N) is 2. The number of nitriles is 1. The van der Waals surface area contributed by atoms with Gasteiger partial charge < -0.3 is 14.2 Å². The number of H-pyrrole nitrogens is 1. The molecule has 0 saturated heterocycles. The molecule has 10 nitrogen and oxygen atoms in total. The molecule has 11 heteroatoms. The lowest BCUT2D eigenvalue weighted by atomic mass is 9.83. The number of hydrogen-bond donors (Lipinski definition) is 2. The van der Waals surface area contributed by atoms with Crippen LogP contribution in [0.4, 0.5) is 10.7 Å². The van der Waals surface area contributed by atoms with E-state index >= 15 is 0 Å². The number of tetrazole rings is 1. The number of methoxy groups -OCH3 is 1. The average Bonchev–Trinajstić information content (AvgIpc) is 3.51. The van der Waals surface area contributed by atoms with Gasteiger partial charge in [-0.05, 0) is 66.3 Å². The van der Waals surface area contributed by atoms with E-state index in [9.17, 15) is 10.1 Å². The number of ether oxygens (including phenoxy) is 3. The third kappa shape index (κ3) is 4.81. The molecule has 184 valence electrons. The minimum Gasteiger partial charge on any atom is -0.496 e. The molecule has 2 aromatic heterocycles. The summed E-state index contributed by atoms with van der Waals surface area (Å²) in [6, 6.07) is 11.8. The Morgan fingerprint density at radius 3 is 2.75 bits per heavy atom. The summed E-state index contributed by atoms with van der Waals surface area (Å²) in [4.78, 5) is 12.5. The highest BCUT2D eigenvalue weighted by Crippen LogP contribution is 2.48. The molecule has 1 fully saturated rings. The zero-order chi connectivity index (χ0) is 25.1. The van der Waals surface area contributed by atoms with Gasteiger partial charge in [0.25, 0.3) is 5.95 Å². The molecule has 0 spiro atoms. The Bertz CT molecular complexity index is 1440. The Morgan fingerprint density at radius 2 is 2.03 bits per heavy atom. The number of fused-ring (bicyclic) bond motifs is 1. The van der Waals surface area contributed by atoms with E-state index in [1.54, 1.807) is 7.11 Å². The first-order valence-corrected chi connectivity index (χ1v) is 12.4. The van der Waals surface area contributed by atoms with Gasteiger partial charge in [0.1, 0.15) is 17.6 Å². The SMILES string of the molecule is COc1cc2c(Oc3ccc(C4CCCCC4)cc3C#N)c(OC(=O)Nc3nn[nH]n3)sc2cc1C. The molecular weight excluding hydrogens is 480 g/mol. The third-order valence-electron chi connectivity index (χ3n) is 6.29. The van der Waals surface area contributed by atoms with E-state index in [0.29, 0.717) is 34.1 Å². The van der Waals surface area contributed by atoms with E-state index in [1.165, 1.54) is 30.6 Å². The normalized spacial score (nSPS) is 13.8. The molecule has 1 aliphatic carbocycles. The Balaban J connectivity index is 1.51. The van der Waals surface area contributed by atoms with Crippen molar-refractivity contribution in [3.8, 4) is 28.4 Å². The fourth-order valence-electron chi connectivity index (χ4n) is 4.50. The zero-order valence-corrected chi connectivity index (χ0v) is 20.6. The summed E-state index contributed by atoms with van der Waals surface area (Å²) in [6.07, 6.45) is 5.14. The van der Waals surface area contributed by atoms with Crippen molar-refractivity contribution in [3.05, 3.63) is 47.0 Å². The lowest BCUT2D eigenvalue weighted by molar-refractivity contribution is 0.215. The number of hydrogen-bond acceptors (Lipinski definition) is 9. The molecule has 0 radical (unpaired) electrons. The van der Waals surface area contributed by atoms with Crippen LogP contribution in [0.2, 0.25) is 0 Å². The Kier molecular flexibility index (Phi) is 6.69.